The van der Waals surface area contributed by atoms with Crippen molar-refractivity contribution in [3.8, 4) is 5.75 Å². The van der Waals surface area contributed by atoms with Crippen LogP contribution in [0.5, 0.6) is 5.75 Å². The minimum Gasteiger partial charge on any atom is -1.00 e. The Morgan fingerprint density at radius 1 is 0.962 bits per heavy atom. The second kappa shape index (κ2) is 9.75. The van der Waals surface area contributed by atoms with Crippen LogP contribution in [0.15, 0.2) is 48.5 Å². The van der Waals surface area contributed by atoms with Crippen LogP contribution in [0.2, 0.25) is 5.02 Å². The van der Waals surface area contributed by atoms with Gasteiger partial charge in [-0.25, -0.2) is 4.79 Å². The largest absolute Gasteiger partial charge is 2.00 e. The fraction of sp³-hybridized carbons (Fsp3) is 0.300. The monoisotopic (exact) mass is 402 g/mol. The molecule has 0 atom stereocenters. The smallest absolute Gasteiger partial charge is 1.00 e. The van der Waals surface area contributed by atoms with Crippen LogP contribution < -0.4 is 4.74 Å². The summed E-state index contributed by atoms with van der Waals surface area (Å²) in [5.41, 5.74) is -0.0393. The maximum Gasteiger partial charge on any atom is 2.00 e. The van der Waals surface area contributed by atoms with Gasteiger partial charge in [0.2, 0.25) is 0 Å². The second-order valence-corrected chi connectivity index (χ2v) is 6.86. The van der Waals surface area contributed by atoms with Gasteiger partial charge in [-0.1, -0.05) is 11.6 Å². The average Bonchev–Trinajstić information content (AvgIpc) is 2.54. The SMILES string of the molecule is CC(C)OC(=O)C(C)(C)Oc1ccc(C(=O)c2ccc(Cl)cc2)cc1.[Ca+2].[H-].[H-]. The Labute approximate surface area is 191 Å². The van der Waals surface area contributed by atoms with Crippen molar-refractivity contribution >= 4 is 61.1 Å². The zero-order valence-corrected chi connectivity index (χ0v) is 18.4. The van der Waals surface area contributed by atoms with Crippen LogP contribution in [0.4, 0.5) is 0 Å². The third-order valence-corrected chi connectivity index (χ3v) is 3.68. The molecule has 6 heteroatoms. The van der Waals surface area contributed by atoms with Gasteiger partial charge >= 0.3 is 43.7 Å². The molecular formula is C20H23CaClO4. The van der Waals surface area contributed by atoms with Gasteiger partial charge in [-0.05, 0) is 76.2 Å². The molecule has 2 aromatic carbocycles. The third kappa shape index (κ3) is 6.27. The first-order chi connectivity index (χ1) is 11.7. The van der Waals surface area contributed by atoms with Crippen molar-refractivity contribution in [1.29, 1.82) is 0 Å². The van der Waals surface area contributed by atoms with Crippen LogP contribution in [-0.2, 0) is 9.53 Å². The molecule has 0 aromatic heterocycles. The first-order valence-electron chi connectivity index (χ1n) is 7.99. The molecule has 0 saturated carbocycles. The van der Waals surface area contributed by atoms with E-state index in [0.717, 1.165) is 0 Å². The normalized spacial score (nSPS) is 10.8. The van der Waals surface area contributed by atoms with Crippen LogP contribution in [0.3, 0.4) is 0 Å². The van der Waals surface area contributed by atoms with Crippen LogP contribution in [0.1, 0.15) is 46.5 Å². The van der Waals surface area contributed by atoms with E-state index in [1.54, 1.807) is 76.2 Å². The summed E-state index contributed by atoms with van der Waals surface area (Å²) in [7, 11) is 0. The number of rotatable bonds is 6. The molecule has 0 amide bonds. The van der Waals surface area contributed by atoms with E-state index in [-0.39, 0.29) is 52.5 Å². The minimum absolute atomic E-state index is 0. The molecule has 26 heavy (non-hydrogen) atoms. The van der Waals surface area contributed by atoms with Gasteiger partial charge in [0.15, 0.2) is 11.4 Å². The van der Waals surface area contributed by atoms with Gasteiger partial charge in [0.1, 0.15) is 5.75 Å². The second-order valence-electron chi connectivity index (χ2n) is 6.43. The number of carbonyl (C=O) groups excluding carboxylic acids is 2. The summed E-state index contributed by atoms with van der Waals surface area (Å²) >= 11 is 5.84. The number of carbonyl (C=O) groups is 2. The molecule has 0 N–H and O–H groups in total. The molecular weight excluding hydrogens is 380 g/mol. The Morgan fingerprint density at radius 3 is 1.88 bits per heavy atom. The fourth-order valence-electron chi connectivity index (χ4n) is 2.13. The molecule has 0 aliphatic rings. The summed E-state index contributed by atoms with van der Waals surface area (Å²) in [6, 6.07) is 13.4. The number of hydrogen-bond acceptors (Lipinski definition) is 4. The molecule has 0 bridgehead atoms. The summed E-state index contributed by atoms with van der Waals surface area (Å²) in [6.07, 6.45) is -0.213. The molecule has 0 aliphatic carbocycles. The topological polar surface area (TPSA) is 52.6 Å². The number of ketones is 1. The Morgan fingerprint density at radius 2 is 1.42 bits per heavy atom. The van der Waals surface area contributed by atoms with Crippen molar-refractivity contribution in [2.75, 3.05) is 0 Å². The maximum atomic E-state index is 12.4. The number of benzene rings is 2. The molecule has 136 valence electrons. The third-order valence-electron chi connectivity index (χ3n) is 3.43. The number of ether oxygens (including phenoxy) is 2. The Bertz CT molecular complexity index is 763. The van der Waals surface area contributed by atoms with Crippen LogP contribution >= 0.6 is 11.6 Å². The summed E-state index contributed by atoms with van der Waals surface area (Å²) < 4.78 is 10.9. The summed E-state index contributed by atoms with van der Waals surface area (Å²) in [6.45, 7) is 6.85. The van der Waals surface area contributed by atoms with E-state index in [1.807, 2.05) is 0 Å². The summed E-state index contributed by atoms with van der Waals surface area (Å²) in [4.78, 5) is 24.5. The minimum atomic E-state index is -1.12. The molecule has 0 unspecified atom stereocenters. The van der Waals surface area contributed by atoms with Crippen molar-refractivity contribution in [3.05, 3.63) is 64.7 Å². The Kier molecular flexibility index (Phi) is 8.61. The first kappa shape index (κ1) is 23.0. The van der Waals surface area contributed by atoms with E-state index in [9.17, 15) is 9.59 Å². The number of esters is 1. The van der Waals surface area contributed by atoms with Gasteiger partial charge in [0.05, 0.1) is 6.10 Å². The van der Waals surface area contributed by atoms with Gasteiger partial charge in [0.25, 0.3) is 0 Å². The molecule has 0 fully saturated rings. The molecule has 0 saturated heterocycles. The van der Waals surface area contributed by atoms with E-state index >= 15 is 0 Å². The van der Waals surface area contributed by atoms with Crippen LogP contribution in [-0.4, -0.2) is 61.2 Å². The Balaban J connectivity index is 0. The van der Waals surface area contributed by atoms with Crippen LogP contribution in [0, 0.1) is 0 Å². The van der Waals surface area contributed by atoms with Gasteiger partial charge < -0.3 is 12.3 Å². The fourth-order valence-corrected chi connectivity index (χ4v) is 2.26. The molecule has 0 heterocycles. The van der Waals surface area contributed by atoms with E-state index in [2.05, 4.69) is 0 Å². The number of halogens is 1. The average molecular weight is 403 g/mol. The van der Waals surface area contributed by atoms with Crippen molar-refractivity contribution in [3.63, 3.8) is 0 Å². The van der Waals surface area contributed by atoms with Gasteiger partial charge in [0, 0.05) is 16.1 Å². The molecule has 0 aliphatic heterocycles. The predicted octanol–water partition coefficient (Wildman–Crippen LogP) is 4.52. The van der Waals surface area contributed by atoms with Crippen LogP contribution in [0.25, 0.3) is 0 Å². The number of hydrogen-bond donors (Lipinski definition) is 0. The van der Waals surface area contributed by atoms with Gasteiger partial charge in [-0.3, -0.25) is 4.79 Å². The summed E-state index contributed by atoms with van der Waals surface area (Å²) in [5, 5.41) is 0.579. The Hall–Kier alpha value is -1.07. The summed E-state index contributed by atoms with van der Waals surface area (Å²) in [5.74, 6) is -0.0659. The van der Waals surface area contributed by atoms with E-state index in [0.29, 0.717) is 21.9 Å². The molecule has 4 nitrogen and oxygen atoms in total. The van der Waals surface area contributed by atoms with Crippen molar-refractivity contribution in [1.82, 2.24) is 0 Å². The first-order valence-corrected chi connectivity index (χ1v) is 8.37. The molecule has 2 aromatic rings. The van der Waals surface area contributed by atoms with Gasteiger partial charge in [-0.2, -0.15) is 0 Å². The van der Waals surface area contributed by atoms with Crippen molar-refractivity contribution in [2.45, 2.75) is 39.4 Å². The van der Waals surface area contributed by atoms with E-state index in [1.165, 1.54) is 0 Å². The molecule has 0 radical (unpaired) electrons. The quantitative estimate of drug-likeness (QED) is 0.405. The van der Waals surface area contributed by atoms with E-state index < -0.39 is 11.6 Å². The van der Waals surface area contributed by atoms with Crippen molar-refractivity contribution in [2.24, 2.45) is 0 Å². The maximum absolute atomic E-state index is 12.4. The van der Waals surface area contributed by atoms with Crippen molar-refractivity contribution < 1.29 is 21.9 Å². The molecule has 0 spiro atoms. The molecule has 2 rings (SSSR count). The zero-order valence-electron chi connectivity index (χ0n) is 17.4. The standard InChI is InChI=1S/C20H21ClO4.Ca.2H/c1-13(2)24-19(23)20(3,4)25-17-11-7-15(8-12-17)18(22)14-5-9-16(21)10-6-14;;;/h5-13H,1-4H3;;;/q;+2;2*-1. The zero-order chi connectivity index (χ0) is 18.6. The predicted molar refractivity (Wildman–Crippen MR) is 105 cm³/mol. The van der Waals surface area contributed by atoms with Gasteiger partial charge in [-0.15, -0.1) is 0 Å². The van der Waals surface area contributed by atoms with E-state index in [4.69, 9.17) is 21.1 Å².